The van der Waals surface area contributed by atoms with E-state index in [2.05, 4.69) is 20.7 Å². The molecule has 4 rings (SSSR count). The van der Waals surface area contributed by atoms with E-state index < -0.39 is 5.91 Å². The molecule has 1 aliphatic rings. The molecule has 1 amide bonds. The number of nitrogens with one attached hydrogen (secondary N) is 2. The molecule has 1 aliphatic heterocycles. The number of pyridine rings is 2. The molecule has 0 aliphatic carbocycles. The van der Waals surface area contributed by atoms with E-state index in [-0.39, 0.29) is 42.0 Å². The highest BCUT2D eigenvalue weighted by Gasteiger charge is 2.21. The number of rotatable bonds is 3. The molecule has 2 N–H and O–H groups in total. The summed E-state index contributed by atoms with van der Waals surface area (Å²) in [7, 11) is 0. The van der Waals surface area contributed by atoms with Gasteiger partial charge in [0.25, 0.3) is 11.5 Å². The van der Waals surface area contributed by atoms with Crippen LogP contribution in [-0.2, 0) is 0 Å². The van der Waals surface area contributed by atoms with E-state index in [0.29, 0.717) is 16.9 Å². The maximum Gasteiger partial charge on any atom is 0.263 e. The number of halogens is 2. The highest BCUT2D eigenvalue weighted by molar-refractivity contribution is 6.05. The van der Waals surface area contributed by atoms with E-state index in [1.807, 2.05) is 6.07 Å². The average molecular weight is 425 g/mol. The topological polar surface area (TPSA) is 93.3 Å². The summed E-state index contributed by atoms with van der Waals surface area (Å²) in [4.78, 5) is 29.8. The van der Waals surface area contributed by atoms with Crippen molar-refractivity contribution < 1.29 is 4.79 Å². The summed E-state index contributed by atoms with van der Waals surface area (Å²) in [5, 5.41) is 10.1. The predicted molar refractivity (Wildman–Crippen MR) is 112 cm³/mol. The molecule has 0 spiro atoms. The molecule has 3 aromatic heterocycles. The average Bonchev–Trinajstić information content (AvgIpc) is 3.10. The van der Waals surface area contributed by atoms with Gasteiger partial charge >= 0.3 is 0 Å². The second-order valence-electron chi connectivity index (χ2n) is 6.50. The van der Waals surface area contributed by atoms with E-state index in [1.54, 1.807) is 40.5 Å². The number of carbonyl (C=O) groups excluding carboxylic acids is 1. The zero-order valence-corrected chi connectivity index (χ0v) is 16.9. The standard InChI is InChI=1S/C18H20N6O2.2ClH/c1-12-6-9-23(14-4-7-19-8-5-14)18(26)16(12)17(25)22-13-2-3-15-20-11-21-24(15)10-13;;/h2-3,6,9-11,14,19H,4-5,7-8H2,1H3,(H,22,25);2*1H. The maximum atomic E-state index is 12.9. The number of nitrogens with zero attached hydrogens (tertiary/aromatic N) is 4. The van der Waals surface area contributed by atoms with Crippen LogP contribution in [0.5, 0.6) is 0 Å². The normalized spacial score (nSPS) is 14.2. The van der Waals surface area contributed by atoms with Crippen molar-refractivity contribution >= 4 is 42.1 Å². The number of carbonyl (C=O) groups is 1. The first-order valence-electron chi connectivity index (χ1n) is 8.67. The minimum Gasteiger partial charge on any atom is -0.320 e. The van der Waals surface area contributed by atoms with Crippen LogP contribution in [0.25, 0.3) is 5.65 Å². The van der Waals surface area contributed by atoms with Gasteiger partial charge in [-0.3, -0.25) is 9.59 Å². The number of hydrogen-bond acceptors (Lipinski definition) is 5. The molecule has 8 nitrogen and oxygen atoms in total. The summed E-state index contributed by atoms with van der Waals surface area (Å²) in [5.74, 6) is -0.407. The monoisotopic (exact) mass is 424 g/mol. The van der Waals surface area contributed by atoms with Crippen molar-refractivity contribution in [2.45, 2.75) is 25.8 Å². The van der Waals surface area contributed by atoms with E-state index in [1.165, 1.54) is 6.33 Å². The summed E-state index contributed by atoms with van der Waals surface area (Å²) in [5.41, 5.74) is 1.86. The van der Waals surface area contributed by atoms with Crippen molar-refractivity contribution in [2.75, 3.05) is 18.4 Å². The minimum absolute atomic E-state index is 0. The van der Waals surface area contributed by atoms with E-state index in [9.17, 15) is 9.59 Å². The second kappa shape index (κ2) is 9.18. The van der Waals surface area contributed by atoms with Gasteiger partial charge < -0.3 is 15.2 Å². The third-order valence-corrected chi connectivity index (χ3v) is 4.79. The number of aryl methyl sites for hydroxylation is 1. The van der Waals surface area contributed by atoms with Gasteiger partial charge in [0.05, 0.1) is 11.9 Å². The highest BCUT2D eigenvalue weighted by Crippen LogP contribution is 2.18. The zero-order chi connectivity index (χ0) is 18.1. The van der Waals surface area contributed by atoms with E-state index >= 15 is 0 Å². The van der Waals surface area contributed by atoms with Crippen molar-refractivity contribution in [3.8, 4) is 0 Å². The number of fused-ring (bicyclic) bond motifs is 1. The Morgan fingerprint density at radius 3 is 2.71 bits per heavy atom. The Balaban J connectivity index is 0.00000140. The van der Waals surface area contributed by atoms with Crippen molar-refractivity contribution in [3.63, 3.8) is 0 Å². The highest BCUT2D eigenvalue weighted by atomic mass is 35.5. The van der Waals surface area contributed by atoms with Crippen LogP contribution in [0.1, 0.15) is 34.8 Å². The van der Waals surface area contributed by atoms with Crippen LogP contribution in [0.3, 0.4) is 0 Å². The summed E-state index contributed by atoms with van der Waals surface area (Å²) in [6, 6.07) is 5.46. The molecule has 3 aromatic rings. The second-order valence-corrected chi connectivity index (χ2v) is 6.50. The molecular weight excluding hydrogens is 403 g/mol. The Labute approximate surface area is 174 Å². The van der Waals surface area contributed by atoms with Gasteiger partial charge in [0.15, 0.2) is 5.65 Å². The van der Waals surface area contributed by atoms with Gasteiger partial charge in [-0.05, 0) is 56.6 Å². The van der Waals surface area contributed by atoms with E-state index in [4.69, 9.17) is 0 Å². The van der Waals surface area contributed by atoms with Gasteiger partial charge in [-0.15, -0.1) is 24.8 Å². The predicted octanol–water partition coefficient (Wildman–Crippen LogP) is 2.22. The molecule has 10 heteroatoms. The lowest BCUT2D eigenvalue weighted by Crippen LogP contribution is -2.37. The van der Waals surface area contributed by atoms with Gasteiger partial charge in [0.1, 0.15) is 11.9 Å². The number of anilines is 1. The smallest absolute Gasteiger partial charge is 0.263 e. The molecule has 1 fully saturated rings. The van der Waals surface area contributed by atoms with Crippen molar-refractivity contribution in [1.29, 1.82) is 0 Å². The van der Waals surface area contributed by atoms with Crippen molar-refractivity contribution in [3.05, 3.63) is 58.4 Å². The Morgan fingerprint density at radius 2 is 1.96 bits per heavy atom. The number of aromatic nitrogens is 4. The van der Waals surface area contributed by atoms with Crippen LogP contribution in [-0.4, -0.2) is 38.2 Å². The van der Waals surface area contributed by atoms with E-state index in [0.717, 1.165) is 25.9 Å². The molecular formula is C18H22Cl2N6O2. The minimum atomic E-state index is -0.407. The van der Waals surface area contributed by atoms with Crippen LogP contribution in [0, 0.1) is 6.92 Å². The maximum absolute atomic E-state index is 12.9. The molecule has 0 saturated carbocycles. The SMILES string of the molecule is Cc1ccn(C2CCNCC2)c(=O)c1C(=O)Nc1ccc2ncnn2c1.Cl.Cl. The third-order valence-electron chi connectivity index (χ3n) is 4.79. The first kappa shape index (κ1) is 21.9. The number of hydrogen-bond donors (Lipinski definition) is 2. The molecule has 28 heavy (non-hydrogen) atoms. The summed E-state index contributed by atoms with van der Waals surface area (Å²) >= 11 is 0. The van der Waals surface area contributed by atoms with Gasteiger partial charge in [0, 0.05) is 12.2 Å². The quantitative estimate of drug-likeness (QED) is 0.672. The van der Waals surface area contributed by atoms with Gasteiger partial charge in [-0.25, -0.2) is 9.50 Å². The fraction of sp³-hybridized carbons (Fsp3) is 0.333. The van der Waals surface area contributed by atoms with Crippen LogP contribution >= 0.6 is 24.8 Å². The summed E-state index contributed by atoms with van der Waals surface area (Å²) < 4.78 is 3.27. The Morgan fingerprint density at radius 1 is 1.21 bits per heavy atom. The van der Waals surface area contributed by atoms with Crippen LogP contribution in [0.2, 0.25) is 0 Å². The number of piperidine rings is 1. The molecule has 0 bridgehead atoms. The Hall–Kier alpha value is -2.42. The first-order chi connectivity index (χ1) is 12.6. The van der Waals surface area contributed by atoms with Gasteiger partial charge in [-0.2, -0.15) is 5.10 Å². The van der Waals surface area contributed by atoms with Crippen LogP contribution in [0.15, 0.2) is 41.7 Å². The molecule has 0 atom stereocenters. The molecule has 0 radical (unpaired) electrons. The zero-order valence-electron chi connectivity index (χ0n) is 15.3. The Kier molecular flexibility index (Phi) is 7.17. The summed E-state index contributed by atoms with van der Waals surface area (Å²) in [6.07, 6.45) is 6.68. The van der Waals surface area contributed by atoms with Gasteiger partial charge in [-0.1, -0.05) is 0 Å². The molecule has 150 valence electrons. The van der Waals surface area contributed by atoms with Crippen molar-refractivity contribution in [2.24, 2.45) is 0 Å². The lowest BCUT2D eigenvalue weighted by atomic mass is 10.0. The van der Waals surface area contributed by atoms with Crippen LogP contribution < -0.4 is 16.2 Å². The first-order valence-corrected chi connectivity index (χ1v) is 8.67. The van der Waals surface area contributed by atoms with Gasteiger partial charge in [0.2, 0.25) is 0 Å². The third kappa shape index (κ3) is 4.19. The lowest BCUT2D eigenvalue weighted by Gasteiger charge is -2.25. The molecule has 4 heterocycles. The fourth-order valence-electron chi connectivity index (χ4n) is 3.37. The lowest BCUT2D eigenvalue weighted by molar-refractivity contribution is 0.102. The Bertz CT molecular complexity index is 1030. The largest absolute Gasteiger partial charge is 0.320 e. The molecule has 0 aromatic carbocycles. The molecule has 1 saturated heterocycles. The summed E-state index contributed by atoms with van der Waals surface area (Å²) in [6.45, 7) is 3.54. The van der Waals surface area contributed by atoms with Crippen molar-refractivity contribution in [1.82, 2.24) is 24.5 Å². The molecule has 0 unspecified atom stereocenters. The van der Waals surface area contributed by atoms with Crippen LogP contribution in [0.4, 0.5) is 5.69 Å². The number of amides is 1. The fourth-order valence-corrected chi connectivity index (χ4v) is 3.37.